The predicted molar refractivity (Wildman–Crippen MR) is 85.8 cm³/mol. The molecule has 0 aliphatic heterocycles. The lowest BCUT2D eigenvalue weighted by Crippen LogP contribution is -2.16. The average Bonchev–Trinajstić information content (AvgIpc) is 2.72. The van der Waals surface area contributed by atoms with E-state index in [1.807, 2.05) is 13.8 Å². The first kappa shape index (κ1) is 15.9. The first-order valence-electron chi connectivity index (χ1n) is 7.81. The van der Waals surface area contributed by atoms with Gasteiger partial charge in [0.15, 0.2) is 0 Å². The van der Waals surface area contributed by atoms with Crippen LogP contribution in [0.5, 0.6) is 0 Å². The molecule has 1 heteroatoms. The molecule has 106 valence electrons. The lowest BCUT2D eigenvalue weighted by molar-refractivity contribution is 0.329. The van der Waals surface area contributed by atoms with E-state index in [4.69, 9.17) is 5.41 Å². The van der Waals surface area contributed by atoms with Gasteiger partial charge in [-0.2, -0.15) is 0 Å². The van der Waals surface area contributed by atoms with Crippen molar-refractivity contribution in [2.45, 2.75) is 59.8 Å². The van der Waals surface area contributed by atoms with Gasteiger partial charge in [0.2, 0.25) is 0 Å². The van der Waals surface area contributed by atoms with Crippen molar-refractivity contribution in [3.05, 3.63) is 34.9 Å². The van der Waals surface area contributed by atoms with Gasteiger partial charge in [-0.05, 0) is 54.7 Å². The minimum Gasteiger partial charge on any atom is -0.308 e. The van der Waals surface area contributed by atoms with Gasteiger partial charge >= 0.3 is 0 Å². The molecule has 2 rings (SSSR count). The zero-order valence-corrected chi connectivity index (χ0v) is 13.1. The summed E-state index contributed by atoms with van der Waals surface area (Å²) >= 11 is 0. The molecule has 2 aliphatic carbocycles. The SMILES string of the molecule is C=C1C(/C(C=N)=C\CC)=C(C)C2CCCCC12.CC. The Balaban J connectivity index is 0.000000861. The van der Waals surface area contributed by atoms with E-state index in [1.165, 1.54) is 48.6 Å². The molecule has 2 aliphatic rings. The molecule has 1 fully saturated rings. The van der Waals surface area contributed by atoms with Crippen molar-refractivity contribution in [3.8, 4) is 0 Å². The largest absolute Gasteiger partial charge is 0.308 e. The van der Waals surface area contributed by atoms with Gasteiger partial charge in [-0.15, -0.1) is 0 Å². The first-order chi connectivity index (χ1) is 9.20. The van der Waals surface area contributed by atoms with Gasteiger partial charge in [0.1, 0.15) is 0 Å². The van der Waals surface area contributed by atoms with Crippen LogP contribution in [0.25, 0.3) is 0 Å². The van der Waals surface area contributed by atoms with Crippen molar-refractivity contribution >= 4 is 6.21 Å². The van der Waals surface area contributed by atoms with Crippen LogP contribution in [0.2, 0.25) is 0 Å². The van der Waals surface area contributed by atoms with Crippen LogP contribution in [0.1, 0.15) is 59.8 Å². The van der Waals surface area contributed by atoms with E-state index in [9.17, 15) is 0 Å². The number of hydrogen-bond donors (Lipinski definition) is 1. The van der Waals surface area contributed by atoms with Gasteiger partial charge in [-0.1, -0.05) is 51.8 Å². The van der Waals surface area contributed by atoms with Crippen LogP contribution < -0.4 is 0 Å². The Bertz CT molecular complexity index is 398. The van der Waals surface area contributed by atoms with Crippen molar-refractivity contribution in [2.24, 2.45) is 11.8 Å². The third-order valence-electron chi connectivity index (χ3n) is 4.35. The summed E-state index contributed by atoms with van der Waals surface area (Å²) in [5.41, 5.74) is 5.18. The summed E-state index contributed by atoms with van der Waals surface area (Å²) < 4.78 is 0. The highest BCUT2D eigenvalue weighted by Gasteiger charge is 2.37. The van der Waals surface area contributed by atoms with Crippen molar-refractivity contribution in [1.82, 2.24) is 0 Å². The van der Waals surface area contributed by atoms with Crippen LogP contribution in [0.15, 0.2) is 34.9 Å². The zero-order chi connectivity index (χ0) is 14.4. The standard InChI is InChI=1S/C16H23N.C2H6/c1-4-7-13(10-17)16-11(2)14-8-5-6-9-15(14)12(16)3;1-2/h7,10,14-15,17H,2,4-6,8-9H2,1,3H3;1-2H3/b13-7-,17-10?;. The molecule has 0 bridgehead atoms. The Morgan fingerprint density at radius 1 is 1.26 bits per heavy atom. The molecule has 0 amide bonds. The smallest absolute Gasteiger partial charge is 0.0253 e. The van der Waals surface area contributed by atoms with Crippen LogP contribution >= 0.6 is 0 Å². The van der Waals surface area contributed by atoms with Crippen LogP contribution in [-0.2, 0) is 0 Å². The molecule has 1 saturated carbocycles. The van der Waals surface area contributed by atoms with Gasteiger partial charge in [0.05, 0.1) is 0 Å². The Morgan fingerprint density at radius 2 is 1.84 bits per heavy atom. The summed E-state index contributed by atoms with van der Waals surface area (Å²) in [6, 6.07) is 0. The van der Waals surface area contributed by atoms with Crippen molar-refractivity contribution in [1.29, 1.82) is 5.41 Å². The molecule has 0 radical (unpaired) electrons. The van der Waals surface area contributed by atoms with Gasteiger partial charge in [0, 0.05) is 6.21 Å². The molecule has 2 atom stereocenters. The molecule has 0 saturated heterocycles. The van der Waals surface area contributed by atoms with E-state index >= 15 is 0 Å². The van der Waals surface area contributed by atoms with Gasteiger partial charge in [-0.25, -0.2) is 0 Å². The van der Waals surface area contributed by atoms with Crippen molar-refractivity contribution in [2.75, 3.05) is 0 Å². The summed E-state index contributed by atoms with van der Waals surface area (Å²) in [5, 5.41) is 7.60. The second-order valence-corrected chi connectivity index (χ2v) is 5.29. The normalized spacial score (nSPS) is 26.7. The third-order valence-corrected chi connectivity index (χ3v) is 4.35. The summed E-state index contributed by atoms with van der Waals surface area (Å²) in [6.45, 7) is 12.7. The number of nitrogens with one attached hydrogen (secondary N) is 1. The van der Waals surface area contributed by atoms with Gasteiger partial charge in [0.25, 0.3) is 0 Å². The quantitative estimate of drug-likeness (QED) is 0.629. The maximum absolute atomic E-state index is 7.60. The Kier molecular flexibility index (Phi) is 6.27. The number of hydrogen-bond acceptors (Lipinski definition) is 1. The summed E-state index contributed by atoms with van der Waals surface area (Å²) in [5.74, 6) is 1.38. The molecule has 0 aromatic rings. The molecule has 0 aromatic heterocycles. The van der Waals surface area contributed by atoms with E-state index in [0.29, 0.717) is 11.8 Å². The van der Waals surface area contributed by atoms with Crippen molar-refractivity contribution in [3.63, 3.8) is 0 Å². The Hall–Kier alpha value is -1.11. The fourth-order valence-electron chi connectivity index (χ4n) is 3.56. The minimum absolute atomic E-state index is 0.666. The van der Waals surface area contributed by atoms with Crippen LogP contribution in [0.4, 0.5) is 0 Å². The summed E-state index contributed by atoms with van der Waals surface area (Å²) in [7, 11) is 0. The number of fused-ring (bicyclic) bond motifs is 1. The molecule has 1 nitrogen and oxygen atoms in total. The Morgan fingerprint density at radius 3 is 2.32 bits per heavy atom. The molecule has 0 spiro atoms. The molecule has 1 N–H and O–H groups in total. The maximum Gasteiger partial charge on any atom is 0.0253 e. The van der Waals surface area contributed by atoms with Crippen LogP contribution in [0, 0.1) is 17.2 Å². The number of allylic oxidation sites excluding steroid dienone is 5. The maximum atomic E-state index is 7.60. The second-order valence-electron chi connectivity index (χ2n) is 5.29. The van der Waals surface area contributed by atoms with E-state index in [0.717, 1.165) is 12.0 Å². The predicted octanol–water partition coefficient (Wildman–Crippen LogP) is 5.69. The second kappa shape index (κ2) is 7.47. The fraction of sp³-hybridized carbons (Fsp3) is 0.611. The van der Waals surface area contributed by atoms with E-state index in [1.54, 1.807) is 0 Å². The monoisotopic (exact) mass is 259 g/mol. The average molecular weight is 259 g/mol. The van der Waals surface area contributed by atoms with Gasteiger partial charge in [-0.3, -0.25) is 0 Å². The topological polar surface area (TPSA) is 23.9 Å². The van der Waals surface area contributed by atoms with Gasteiger partial charge < -0.3 is 5.41 Å². The molecule has 0 heterocycles. The van der Waals surface area contributed by atoms with Crippen LogP contribution in [-0.4, -0.2) is 6.21 Å². The minimum atomic E-state index is 0.666. The van der Waals surface area contributed by atoms with Crippen LogP contribution in [0.3, 0.4) is 0 Å². The first-order valence-corrected chi connectivity index (χ1v) is 7.81. The lowest BCUT2D eigenvalue weighted by atomic mass is 9.78. The summed E-state index contributed by atoms with van der Waals surface area (Å²) in [6.07, 6.45) is 9.97. The third kappa shape index (κ3) is 3.08. The van der Waals surface area contributed by atoms with E-state index < -0.39 is 0 Å². The van der Waals surface area contributed by atoms with E-state index in [2.05, 4.69) is 26.5 Å². The summed E-state index contributed by atoms with van der Waals surface area (Å²) in [4.78, 5) is 0. The van der Waals surface area contributed by atoms with E-state index in [-0.39, 0.29) is 0 Å². The molecule has 0 aromatic carbocycles. The fourth-order valence-corrected chi connectivity index (χ4v) is 3.56. The highest BCUT2D eigenvalue weighted by atomic mass is 14.4. The van der Waals surface area contributed by atoms with Crippen molar-refractivity contribution < 1.29 is 0 Å². The Labute approximate surface area is 119 Å². The highest BCUT2D eigenvalue weighted by molar-refractivity contribution is 5.86. The lowest BCUT2D eigenvalue weighted by Gasteiger charge is -2.27. The molecular formula is C18H29N. The molecule has 19 heavy (non-hydrogen) atoms. The zero-order valence-electron chi connectivity index (χ0n) is 13.1. The number of rotatable bonds is 3. The molecular weight excluding hydrogens is 230 g/mol. The highest BCUT2D eigenvalue weighted by Crippen LogP contribution is 2.49. The molecule has 2 unspecified atom stereocenters.